The van der Waals surface area contributed by atoms with E-state index in [2.05, 4.69) is 5.32 Å². The molecule has 0 spiro atoms. The predicted octanol–water partition coefficient (Wildman–Crippen LogP) is 0.121. The SMILES string of the molecule is CCOC(=O)c1ccc(NC(=O)[C@H]2[C@@H](C(=O)[O-])[C@H]3C=C[C@@H]2O3)cc1. The Bertz CT molecular complexity index is 696. The standard InChI is InChI=1S/C17H17NO6/c1-2-23-17(22)9-3-5-10(6-4-9)18-15(19)13-11-7-8-12(24-11)14(13)16(20)21/h3-8,11-14H,2H2,1H3,(H,18,19)(H,20,21)/p-1/t11-,12+,13+,14-/m0/s1. The van der Waals surface area contributed by atoms with Gasteiger partial charge in [0.05, 0.1) is 30.3 Å². The lowest BCUT2D eigenvalue weighted by atomic mass is 9.82. The highest BCUT2D eigenvalue weighted by Crippen LogP contribution is 2.39. The van der Waals surface area contributed by atoms with Crippen LogP contribution in [-0.4, -0.2) is 36.7 Å². The highest BCUT2D eigenvalue weighted by Gasteiger charge is 2.50. The molecule has 4 atom stereocenters. The van der Waals surface area contributed by atoms with Crippen LogP contribution in [0.4, 0.5) is 5.69 Å². The van der Waals surface area contributed by atoms with E-state index in [1.54, 1.807) is 31.2 Å². The number of hydrogen-bond donors (Lipinski definition) is 1. The Morgan fingerprint density at radius 1 is 1.12 bits per heavy atom. The number of carboxylic acid groups (broad SMARTS) is 1. The molecule has 1 N–H and O–H groups in total. The van der Waals surface area contributed by atoms with Crippen LogP contribution in [0.5, 0.6) is 0 Å². The van der Waals surface area contributed by atoms with Gasteiger partial charge in [0.1, 0.15) is 0 Å². The number of anilines is 1. The van der Waals surface area contributed by atoms with Crippen LogP contribution in [0.3, 0.4) is 0 Å². The second-order valence-corrected chi connectivity index (χ2v) is 5.61. The fourth-order valence-electron chi connectivity index (χ4n) is 3.03. The first-order chi connectivity index (χ1) is 11.5. The third-order valence-electron chi connectivity index (χ3n) is 4.14. The van der Waals surface area contributed by atoms with Crippen molar-refractivity contribution < 1.29 is 29.0 Å². The molecule has 0 radical (unpaired) electrons. The molecule has 0 aromatic heterocycles. The average Bonchev–Trinajstić information content (AvgIpc) is 3.16. The number of carboxylic acids is 1. The zero-order valence-corrected chi connectivity index (χ0v) is 12.9. The molecule has 1 aromatic rings. The van der Waals surface area contributed by atoms with E-state index in [-0.39, 0.29) is 6.61 Å². The summed E-state index contributed by atoms with van der Waals surface area (Å²) in [6.45, 7) is 1.99. The van der Waals surface area contributed by atoms with E-state index in [1.807, 2.05) is 0 Å². The molecule has 2 bridgehead atoms. The summed E-state index contributed by atoms with van der Waals surface area (Å²) in [6.07, 6.45) is 2.15. The summed E-state index contributed by atoms with van der Waals surface area (Å²) in [5, 5.41) is 13.9. The van der Waals surface area contributed by atoms with Crippen LogP contribution in [0.25, 0.3) is 0 Å². The summed E-state index contributed by atoms with van der Waals surface area (Å²) in [5.74, 6) is -4.04. The van der Waals surface area contributed by atoms with Gasteiger partial charge in [0.2, 0.25) is 5.91 Å². The molecule has 7 heteroatoms. The maximum atomic E-state index is 12.4. The minimum Gasteiger partial charge on any atom is -0.550 e. The van der Waals surface area contributed by atoms with Gasteiger partial charge in [-0.15, -0.1) is 0 Å². The second kappa shape index (κ2) is 6.45. The molecule has 1 aromatic carbocycles. The van der Waals surface area contributed by atoms with Gasteiger partial charge in [-0.2, -0.15) is 0 Å². The van der Waals surface area contributed by atoms with Gasteiger partial charge in [0.25, 0.3) is 0 Å². The molecule has 1 fully saturated rings. The predicted molar refractivity (Wildman–Crippen MR) is 80.8 cm³/mol. The maximum Gasteiger partial charge on any atom is 0.338 e. The number of ether oxygens (including phenoxy) is 2. The zero-order chi connectivity index (χ0) is 17.3. The van der Waals surface area contributed by atoms with Gasteiger partial charge in [-0.05, 0) is 31.2 Å². The molecule has 24 heavy (non-hydrogen) atoms. The Morgan fingerprint density at radius 2 is 1.75 bits per heavy atom. The first-order valence-corrected chi connectivity index (χ1v) is 7.64. The molecular formula is C17H16NO6-. The van der Waals surface area contributed by atoms with Gasteiger partial charge < -0.3 is 24.7 Å². The van der Waals surface area contributed by atoms with Crippen molar-refractivity contribution in [3.05, 3.63) is 42.0 Å². The molecule has 7 nitrogen and oxygen atoms in total. The summed E-state index contributed by atoms with van der Waals surface area (Å²) in [4.78, 5) is 35.3. The smallest absolute Gasteiger partial charge is 0.338 e. The van der Waals surface area contributed by atoms with Gasteiger partial charge >= 0.3 is 5.97 Å². The average molecular weight is 330 g/mol. The summed E-state index contributed by atoms with van der Waals surface area (Å²) in [6, 6.07) is 6.17. The van der Waals surface area contributed by atoms with Crippen molar-refractivity contribution in [1.82, 2.24) is 0 Å². The number of carbonyl (C=O) groups excluding carboxylic acids is 3. The van der Waals surface area contributed by atoms with E-state index in [4.69, 9.17) is 9.47 Å². The number of rotatable bonds is 5. The zero-order valence-electron chi connectivity index (χ0n) is 12.9. The van der Waals surface area contributed by atoms with Crippen LogP contribution in [-0.2, 0) is 19.1 Å². The van der Waals surface area contributed by atoms with Gasteiger partial charge in [-0.25, -0.2) is 4.79 Å². The lowest BCUT2D eigenvalue weighted by molar-refractivity contribution is -0.313. The van der Waals surface area contributed by atoms with Crippen LogP contribution in [0.1, 0.15) is 17.3 Å². The highest BCUT2D eigenvalue weighted by molar-refractivity contribution is 5.97. The maximum absolute atomic E-state index is 12.4. The Kier molecular flexibility index (Phi) is 4.35. The number of amides is 1. The number of aliphatic carboxylic acids is 1. The number of hydrogen-bond acceptors (Lipinski definition) is 6. The summed E-state index contributed by atoms with van der Waals surface area (Å²) in [5.41, 5.74) is 0.825. The first-order valence-electron chi connectivity index (χ1n) is 7.64. The lowest BCUT2D eigenvalue weighted by Gasteiger charge is -2.24. The van der Waals surface area contributed by atoms with Crippen LogP contribution in [0, 0.1) is 11.8 Å². The van der Waals surface area contributed by atoms with Crippen molar-refractivity contribution in [2.45, 2.75) is 19.1 Å². The Balaban J connectivity index is 1.70. The molecule has 2 heterocycles. The topological polar surface area (TPSA) is 105 Å². The summed E-state index contributed by atoms with van der Waals surface area (Å²) in [7, 11) is 0. The molecule has 0 unspecified atom stereocenters. The lowest BCUT2D eigenvalue weighted by Crippen LogP contribution is -2.45. The minimum atomic E-state index is -1.30. The molecule has 2 aliphatic heterocycles. The van der Waals surface area contributed by atoms with Crippen molar-refractivity contribution >= 4 is 23.5 Å². The summed E-state index contributed by atoms with van der Waals surface area (Å²) < 4.78 is 10.3. The fraction of sp³-hybridized carbons (Fsp3) is 0.353. The molecule has 1 amide bonds. The second-order valence-electron chi connectivity index (χ2n) is 5.61. The Morgan fingerprint density at radius 3 is 2.33 bits per heavy atom. The number of nitrogens with one attached hydrogen (secondary N) is 1. The van der Waals surface area contributed by atoms with Crippen LogP contribution in [0.15, 0.2) is 36.4 Å². The normalized spacial score (nSPS) is 27.0. The molecule has 0 saturated carbocycles. The monoisotopic (exact) mass is 330 g/mol. The van der Waals surface area contributed by atoms with E-state index in [1.165, 1.54) is 12.1 Å². The van der Waals surface area contributed by atoms with E-state index in [9.17, 15) is 19.5 Å². The van der Waals surface area contributed by atoms with E-state index >= 15 is 0 Å². The Labute approximate surface area is 138 Å². The molecule has 3 rings (SSSR count). The third-order valence-corrected chi connectivity index (χ3v) is 4.14. The Hall–Kier alpha value is -2.67. The van der Waals surface area contributed by atoms with E-state index in [0.29, 0.717) is 11.3 Å². The van der Waals surface area contributed by atoms with Crippen molar-refractivity contribution in [3.8, 4) is 0 Å². The minimum absolute atomic E-state index is 0.277. The van der Waals surface area contributed by atoms with Crippen molar-refractivity contribution in [2.75, 3.05) is 11.9 Å². The molecule has 0 aliphatic carbocycles. The first kappa shape index (κ1) is 16.2. The van der Waals surface area contributed by atoms with Gasteiger partial charge in [-0.3, -0.25) is 4.79 Å². The van der Waals surface area contributed by atoms with E-state index in [0.717, 1.165) is 0 Å². The highest BCUT2D eigenvalue weighted by atomic mass is 16.5. The number of carbonyl (C=O) groups is 3. The van der Waals surface area contributed by atoms with Crippen LogP contribution in [0.2, 0.25) is 0 Å². The van der Waals surface area contributed by atoms with Gasteiger partial charge in [-0.1, -0.05) is 12.2 Å². The molecule has 1 saturated heterocycles. The summed E-state index contributed by atoms with van der Waals surface area (Å²) >= 11 is 0. The largest absolute Gasteiger partial charge is 0.550 e. The van der Waals surface area contributed by atoms with Crippen molar-refractivity contribution in [2.24, 2.45) is 11.8 Å². The molecular weight excluding hydrogens is 314 g/mol. The molecule has 2 aliphatic rings. The number of esters is 1. The van der Waals surface area contributed by atoms with Crippen molar-refractivity contribution in [3.63, 3.8) is 0 Å². The quantitative estimate of drug-likeness (QED) is 0.607. The van der Waals surface area contributed by atoms with Crippen LogP contribution < -0.4 is 10.4 Å². The van der Waals surface area contributed by atoms with Gasteiger partial charge in [0, 0.05) is 17.6 Å². The van der Waals surface area contributed by atoms with E-state index < -0.39 is 41.9 Å². The molecule has 126 valence electrons. The number of benzene rings is 1. The third kappa shape index (κ3) is 2.90. The van der Waals surface area contributed by atoms with Crippen LogP contribution >= 0.6 is 0 Å². The van der Waals surface area contributed by atoms with Crippen molar-refractivity contribution in [1.29, 1.82) is 0 Å². The van der Waals surface area contributed by atoms with Gasteiger partial charge in [0.15, 0.2) is 0 Å². The fourth-order valence-corrected chi connectivity index (χ4v) is 3.03. The number of fused-ring (bicyclic) bond motifs is 2.